The summed E-state index contributed by atoms with van der Waals surface area (Å²) in [4.78, 5) is 38.6. The molecule has 1 N–H and O–H groups in total. The van der Waals surface area contributed by atoms with Crippen molar-refractivity contribution in [3.05, 3.63) is 91.0 Å². The topological polar surface area (TPSA) is 79.6 Å². The van der Waals surface area contributed by atoms with Crippen molar-refractivity contribution in [1.29, 1.82) is 0 Å². The zero-order valence-corrected chi connectivity index (χ0v) is 20.8. The standard InChI is InChI=1S/C24H18BrClN2O4S/c1-13-9-16(14(2)28(13)17-7-8-20(26)18(11-17)23(30)31)10-21-22(29)27(24(32)33-21)12-15-5-3-4-6-19(15)25/h3-11H,12H2,1-2H3,(H,30,31)/b21-10-. The van der Waals surface area contributed by atoms with Gasteiger partial charge in [-0.3, -0.25) is 14.5 Å². The van der Waals surface area contributed by atoms with Crippen molar-refractivity contribution in [2.75, 3.05) is 0 Å². The molecular weight excluding hydrogens is 528 g/mol. The van der Waals surface area contributed by atoms with Crippen LogP contribution in [0.15, 0.2) is 57.9 Å². The average Bonchev–Trinajstić information content (AvgIpc) is 3.19. The van der Waals surface area contributed by atoms with Crippen LogP contribution in [0.5, 0.6) is 0 Å². The summed E-state index contributed by atoms with van der Waals surface area (Å²) in [6.45, 7) is 3.95. The average molecular weight is 546 g/mol. The van der Waals surface area contributed by atoms with Crippen molar-refractivity contribution in [3.8, 4) is 5.69 Å². The predicted octanol–water partition coefficient (Wildman–Crippen LogP) is 6.44. The molecule has 0 spiro atoms. The molecule has 6 nitrogen and oxygen atoms in total. The van der Waals surface area contributed by atoms with Crippen LogP contribution in [-0.4, -0.2) is 31.7 Å². The van der Waals surface area contributed by atoms with E-state index in [-0.39, 0.29) is 28.3 Å². The van der Waals surface area contributed by atoms with Gasteiger partial charge in [0.2, 0.25) is 0 Å². The Bertz CT molecular complexity index is 1350. The highest BCUT2D eigenvalue weighted by molar-refractivity contribution is 9.10. The number of carboxylic acids is 1. The lowest BCUT2D eigenvalue weighted by Crippen LogP contribution is -2.27. The fraction of sp³-hybridized carbons (Fsp3) is 0.125. The normalized spacial score (nSPS) is 15.0. The van der Waals surface area contributed by atoms with E-state index >= 15 is 0 Å². The van der Waals surface area contributed by atoms with Crippen molar-refractivity contribution in [2.45, 2.75) is 20.4 Å². The molecule has 0 aliphatic carbocycles. The Hall–Kier alpha value is -2.81. The van der Waals surface area contributed by atoms with Crippen molar-refractivity contribution in [3.63, 3.8) is 0 Å². The van der Waals surface area contributed by atoms with E-state index in [4.69, 9.17) is 11.6 Å². The van der Waals surface area contributed by atoms with Gasteiger partial charge in [0.15, 0.2) is 0 Å². The number of thioether (sulfide) groups is 1. The van der Waals surface area contributed by atoms with Gasteiger partial charge in [-0.25, -0.2) is 4.79 Å². The van der Waals surface area contributed by atoms with Crippen LogP contribution >= 0.6 is 39.3 Å². The van der Waals surface area contributed by atoms with E-state index in [0.717, 1.165) is 38.7 Å². The summed E-state index contributed by atoms with van der Waals surface area (Å²) < 4.78 is 2.72. The Morgan fingerprint density at radius 3 is 2.58 bits per heavy atom. The number of aryl methyl sites for hydroxylation is 1. The SMILES string of the molecule is Cc1cc(/C=C2\SC(=O)N(Cc3ccccc3Br)C2=O)c(C)n1-c1ccc(Cl)c(C(=O)O)c1. The van der Waals surface area contributed by atoms with Crippen LogP contribution in [0.1, 0.15) is 32.9 Å². The number of aromatic nitrogens is 1. The smallest absolute Gasteiger partial charge is 0.337 e. The molecule has 0 saturated carbocycles. The van der Waals surface area contributed by atoms with Gasteiger partial charge < -0.3 is 9.67 Å². The Morgan fingerprint density at radius 1 is 1.15 bits per heavy atom. The lowest BCUT2D eigenvalue weighted by molar-refractivity contribution is -0.123. The lowest BCUT2D eigenvalue weighted by Gasteiger charge is -2.13. The molecule has 33 heavy (non-hydrogen) atoms. The molecule has 0 bridgehead atoms. The van der Waals surface area contributed by atoms with Gasteiger partial charge in [0, 0.05) is 21.5 Å². The summed E-state index contributed by atoms with van der Waals surface area (Å²) in [6.07, 6.45) is 1.71. The summed E-state index contributed by atoms with van der Waals surface area (Å²) in [5.41, 5.74) is 3.93. The number of nitrogens with zero attached hydrogens (tertiary/aromatic N) is 2. The van der Waals surface area contributed by atoms with E-state index in [0.29, 0.717) is 10.6 Å². The molecule has 2 heterocycles. The minimum absolute atomic E-state index is 0.0106. The number of halogens is 2. The number of hydrogen-bond acceptors (Lipinski definition) is 4. The first kappa shape index (κ1) is 23.4. The number of amides is 2. The number of hydrogen-bond donors (Lipinski definition) is 1. The van der Waals surface area contributed by atoms with Crippen LogP contribution in [0.2, 0.25) is 5.02 Å². The van der Waals surface area contributed by atoms with E-state index in [9.17, 15) is 19.5 Å². The van der Waals surface area contributed by atoms with Gasteiger partial charge >= 0.3 is 5.97 Å². The quantitative estimate of drug-likeness (QED) is 0.373. The van der Waals surface area contributed by atoms with Gasteiger partial charge in [0.05, 0.1) is 22.0 Å². The van der Waals surface area contributed by atoms with Gasteiger partial charge in [-0.05, 0) is 73.1 Å². The summed E-state index contributed by atoms with van der Waals surface area (Å²) in [6, 6.07) is 14.2. The van der Waals surface area contributed by atoms with Crippen LogP contribution in [0.3, 0.4) is 0 Å². The van der Waals surface area contributed by atoms with Crippen LogP contribution in [0.25, 0.3) is 11.8 Å². The molecule has 1 aliphatic rings. The van der Waals surface area contributed by atoms with Crippen molar-refractivity contribution < 1.29 is 19.5 Å². The molecule has 9 heteroatoms. The minimum atomic E-state index is -1.11. The monoisotopic (exact) mass is 544 g/mol. The van der Waals surface area contributed by atoms with E-state index in [1.54, 1.807) is 18.2 Å². The van der Waals surface area contributed by atoms with Gasteiger partial charge in [-0.2, -0.15) is 0 Å². The fourth-order valence-corrected chi connectivity index (χ4v) is 5.16. The maximum absolute atomic E-state index is 13.0. The fourth-order valence-electron chi connectivity index (χ4n) is 3.72. The molecule has 0 radical (unpaired) electrons. The summed E-state index contributed by atoms with van der Waals surface area (Å²) in [7, 11) is 0. The zero-order valence-electron chi connectivity index (χ0n) is 17.6. The number of aromatic carboxylic acids is 1. The van der Waals surface area contributed by atoms with Gasteiger partial charge in [0.25, 0.3) is 11.1 Å². The first-order chi connectivity index (χ1) is 15.7. The van der Waals surface area contributed by atoms with Crippen LogP contribution in [-0.2, 0) is 11.3 Å². The van der Waals surface area contributed by atoms with Gasteiger partial charge in [0.1, 0.15) is 0 Å². The molecule has 1 fully saturated rings. The van der Waals surface area contributed by atoms with E-state index in [2.05, 4.69) is 15.9 Å². The highest BCUT2D eigenvalue weighted by Crippen LogP contribution is 2.35. The van der Waals surface area contributed by atoms with E-state index in [1.165, 1.54) is 11.0 Å². The second-order valence-electron chi connectivity index (χ2n) is 7.49. The Labute approximate surface area is 208 Å². The van der Waals surface area contributed by atoms with Gasteiger partial charge in [-0.1, -0.05) is 45.7 Å². The van der Waals surface area contributed by atoms with Crippen LogP contribution in [0, 0.1) is 13.8 Å². The second-order valence-corrected chi connectivity index (χ2v) is 9.75. The number of benzene rings is 2. The molecule has 1 aliphatic heterocycles. The third kappa shape index (κ3) is 4.51. The molecular formula is C24H18BrClN2O4S. The molecule has 1 aromatic heterocycles. The third-order valence-electron chi connectivity index (χ3n) is 5.36. The van der Waals surface area contributed by atoms with Crippen molar-refractivity contribution in [1.82, 2.24) is 9.47 Å². The highest BCUT2D eigenvalue weighted by atomic mass is 79.9. The number of rotatable bonds is 5. The zero-order chi connectivity index (χ0) is 23.9. The van der Waals surface area contributed by atoms with Crippen molar-refractivity contribution in [2.24, 2.45) is 0 Å². The van der Waals surface area contributed by atoms with Crippen LogP contribution in [0.4, 0.5) is 4.79 Å². The number of carboxylic acid groups (broad SMARTS) is 1. The maximum Gasteiger partial charge on any atom is 0.337 e. The molecule has 2 aromatic carbocycles. The Balaban J connectivity index is 1.66. The summed E-state index contributed by atoms with van der Waals surface area (Å²) in [5, 5.41) is 9.23. The number of imide groups is 1. The summed E-state index contributed by atoms with van der Waals surface area (Å²) in [5.74, 6) is -1.45. The maximum atomic E-state index is 13.0. The van der Waals surface area contributed by atoms with E-state index in [1.807, 2.05) is 48.7 Å². The minimum Gasteiger partial charge on any atom is -0.478 e. The van der Waals surface area contributed by atoms with Crippen molar-refractivity contribution >= 4 is 62.5 Å². The number of carbonyl (C=O) groups excluding carboxylic acids is 2. The molecule has 0 atom stereocenters. The third-order valence-corrected chi connectivity index (χ3v) is 7.37. The lowest BCUT2D eigenvalue weighted by atomic mass is 10.2. The van der Waals surface area contributed by atoms with Gasteiger partial charge in [-0.15, -0.1) is 0 Å². The molecule has 4 rings (SSSR count). The predicted molar refractivity (Wildman–Crippen MR) is 133 cm³/mol. The van der Waals surface area contributed by atoms with E-state index < -0.39 is 5.97 Å². The second kappa shape index (κ2) is 9.21. The number of carbonyl (C=O) groups is 3. The van der Waals surface area contributed by atoms with Crippen LogP contribution < -0.4 is 0 Å². The largest absolute Gasteiger partial charge is 0.478 e. The Morgan fingerprint density at radius 2 is 1.88 bits per heavy atom. The highest BCUT2D eigenvalue weighted by Gasteiger charge is 2.35. The Kier molecular flexibility index (Phi) is 6.52. The molecule has 168 valence electrons. The molecule has 1 saturated heterocycles. The molecule has 2 amide bonds. The molecule has 0 unspecified atom stereocenters. The molecule has 3 aromatic rings. The summed E-state index contributed by atoms with van der Waals surface area (Å²) >= 11 is 10.4. The first-order valence-electron chi connectivity index (χ1n) is 9.88. The first-order valence-corrected chi connectivity index (χ1v) is 11.9.